The topological polar surface area (TPSA) is 85.4 Å². The fraction of sp³-hybridized carbons (Fsp3) is 0.200. The van der Waals surface area contributed by atoms with Gasteiger partial charge in [-0.1, -0.05) is 25.5 Å². The van der Waals surface area contributed by atoms with Crippen molar-refractivity contribution in [1.82, 2.24) is 4.98 Å². The lowest BCUT2D eigenvalue weighted by Gasteiger charge is -2.08. The average molecular weight is 272 g/mol. The predicted molar refractivity (Wildman–Crippen MR) is 76.1 cm³/mol. The van der Waals surface area contributed by atoms with Gasteiger partial charge in [0, 0.05) is 6.20 Å². The Labute approximate surface area is 117 Å². The summed E-state index contributed by atoms with van der Waals surface area (Å²) in [6.07, 6.45) is 3.33. The minimum atomic E-state index is -1.07. The number of carboxylic acid groups (broad SMARTS) is 1. The molecule has 0 aliphatic carbocycles. The zero-order valence-electron chi connectivity index (χ0n) is 11.2. The van der Waals surface area contributed by atoms with Crippen molar-refractivity contribution in [2.45, 2.75) is 19.8 Å². The lowest BCUT2D eigenvalue weighted by molar-refractivity contribution is 0.0696. The molecule has 2 aromatic rings. The molecule has 0 radical (unpaired) electrons. The van der Waals surface area contributed by atoms with Gasteiger partial charge >= 0.3 is 5.97 Å². The number of anilines is 1. The second-order valence-electron chi connectivity index (χ2n) is 4.42. The molecule has 0 atom stereocenters. The third kappa shape index (κ3) is 3.26. The summed E-state index contributed by atoms with van der Waals surface area (Å²) in [6.45, 7) is 2.12. The molecule has 3 N–H and O–H groups in total. The number of hydrogen-bond acceptors (Lipinski definition) is 4. The molecular formula is C15H16N2O3. The Hall–Kier alpha value is -2.56. The van der Waals surface area contributed by atoms with Crippen LogP contribution in [0.5, 0.6) is 11.6 Å². The van der Waals surface area contributed by atoms with Crippen LogP contribution in [0.15, 0.2) is 36.5 Å². The molecule has 104 valence electrons. The molecule has 5 nitrogen and oxygen atoms in total. The van der Waals surface area contributed by atoms with E-state index in [0.717, 1.165) is 12.8 Å². The molecular weight excluding hydrogens is 256 g/mol. The van der Waals surface area contributed by atoms with E-state index in [9.17, 15) is 4.79 Å². The fourth-order valence-electron chi connectivity index (χ4n) is 1.80. The lowest BCUT2D eigenvalue weighted by atomic mass is 10.1. The van der Waals surface area contributed by atoms with E-state index in [-0.39, 0.29) is 17.1 Å². The average Bonchev–Trinajstić information content (AvgIpc) is 2.43. The third-order valence-corrected chi connectivity index (χ3v) is 2.80. The molecule has 0 bridgehead atoms. The van der Waals surface area contributed by atoms with E-state index in [4.69, 9.17) is 15.6 Å². The van der Waals surface area contributed by atoms with Crippen molar-refractivity contribution in [2.75, 3.05) is 5.73 Å². The molecule has 0 amide bonds. The highest BCUT2D eigenvalue weighted by molar-refractivity contribution is 5.88. The summed E-state index contributed by atoms with van der Waals surface area (Å²) in [5.41, 5.74) is 7.20. The van der Waals surface area contributed by atoms with Crippen LogP contribution < -0.4 is 10.5 Å². The maximum atomic E-state index is 10.8. The minimum Gasteiger partial charge on any atom is -0.478 e. The highest BCUT2D eigenvalue weighted by Gasteiger charge is 2.09. The first-order valence-electron chi connectivity index (χ1n) is 6.35. The van der Waals surface area contributed by atoms with E-state index < -0.39 is 5.97 Å². The van der Waals surface area contributed by atoms with Crippen LogP contribution in [-0.4, -0.2) is 16.1 Å². The van der Waals surface area contributed by atoms with E-state index in [0.29, 0.717) is 5.75 Å². The van der Waals surface area contributed by atoms with E-state index in [2.05, 4.69) is 11.9 Å². The van der Waals surface area contributed by atoms with E-state index in [1.807, 2.05) is 24.3 Å². The van der Waals surface area contributed by atoms with Gasteiger partial charge in [0.25, 0.3) is 0 Å². The molecule has 2 rings (SSSR count). The molecule has 1 aromatic heterocycles. The highest BCUT2D eigenvalue weighted by Crippen LogP contribution is 2.26. The molecule has 0 unspecified atom stereocenters. The largest absolute Gasteiger partial charge is 0.478 e. The molecule has 0 saturated heterocycles. The first-order valence-corrected chi connectivity index (χ1v) is 6.35. The standard InChI is InChI=1S/C15H16N2O3/c1-2-3-10-4-6-12(7-5-10)20-14-13(16)8-11(9-17-14)15(18)19/h4-9H,2-3,16H2,1H3,(H,18,19). The molecule has 0 saturated carbocycles. The molecule has 5 heteroatoms. The Morgan fingerprint density at radius 2 is 2.05 bits per heavy atom. The Morgan fingerprint density at radius 1 is 1.35 bits per heavy atom. The van der Waals surface area contributed by atoms with E-state index >= 15 is 0 Å². The number of nitrogens with zero attached hydrogens (tertiary/aromatic N) is 1. The Balaban J connectivity index is 2.15. The monoisotopic (exact) mass is 272 g/mol. The predicted octanol–water partition coefficient (Wildman–Crippen LogP) is 3.11. The number of pyridine rings is 1. The summed E-state index contributed by atoms with van der Waals surface area (Å²) in [4.78, 5) is 14.7. The number of carboxylic acids is 1. The maximum absolute atomic E-state index is 10.8. The van der Waals surface area contributed by atoms with Gasteiger partial charge in [-0.15, -0.1) is 0 Å². The second-order valence-corrected chi connectivity index (χ2v) is 4.42. The summed E-state index contributed by atoms with van der Waals surface area (Å²) in [7, 11) is 0. The van der Waals surface area contributed by atoms with Crippen LogP contribution in [0.2, 0.25) is 0 Å². The number of benzene rings is 1. The third-order valence-electron chi connectivity index (χ3n) is 2.80. The molecule has 0 aliphatic heterocycles. The van der Waals surface area contributed by atoms with Crippen LogP contribution >= 0.6 is 0 Å². The van der Waals surface area contributed by atoms with Gasteiger partial charge in [-0.25, -0.2) is 9.78 Å². The number of aryl methyl sites for hydroxylation is 1. The lowest BCUT2D eigenvalue weighted by Crippen LogP contribution is -2.01. The van der Waals surface area contributed by atoms with Gasteiger partial charge in [-0.2, -0.15) is 0 Å². The summed E-state index contributed by atoms with van der Waals surface area (Å²) in [5, 5.41) is 8.83. The summed E-state index contributed by atoms with van der Waals surface area (Å²) in [5.74, 6) is -0.245. The summed E-state index contributed by atoms with van der Waals surface area (Å²) >= 11 is 0. The second kappa shape index (κ2) is 6.06. The van der Waals surface area contributed by atoms with Crippen LogP contribution in [0.1, 0.15) is 29.3 Å². The SMILES string of the molecule is CCCc1ccc(Oc2ncc(C(=O)O)cc2N)cc1. The number of nitrogens with two attached hydrogens (primary N) is 1. The molecule has 0 spiro atoms. The van der Waals surface area contributed by atoms with E-state index in [1.165, 1.54) is 17.8 Å². The van der Waals surface area contributed by atoms with Crippen molar-refractivity contribution in [1.29, 1.82) is 0 Å². The number of hydrogen-bond donors (Lipinski definition) is 2. The number of aromatic carboxylic acids is 1. The van der Waals surface area contributed by atoms with Crippen molar-refractivity contribution in [3.63, 3.8) is 0 Å². The zero-order chi connectivity index (χ0) is 14.5. The number of carbonyl (C=O) groups is 1. The van der Waals surface area contributed by atoms with Gasteiger partial charge in [0.2, 0.25) is 5.88 Å². The molecule has 1 heterocycles. The number of rotatable bonds is 5. The Morgan fingerprint density at radius 3 is 2.60 bits per heavy atom. The van der Waals surface area contributed by atoms with Crippen LogP contribution in [0.3, 0.4) is 0 Å². The normalized spacial score (nSPS) is 10.2. The van der Waals surface area contributed by atoms with Crippen molar-refractivity contribution < 1.29 is 14.6 Å². The van der Waals surface area contributed by atoms with Gasteiger partial charge in [-0.3, -0.25) is 0 Å². The zero-order valence-corrected chi connectivity index (χ0v) is 11.2. The summed E-state index contributed by atoms with van der Waals surface area (Å²) in [6, 6.07) is 8.99. The molecule has 0 fully saturated rings. The quantitative estimate of drug-likeness (QED) is 0.873. The van der Waals surface area contributed by atoms with Gasteiger partial charge < -0.3 is 15.6 Å². The first kappa shape index (κ1) is 13.9. The fourth-order valence-corrected chi connectivity index (χ4v) is 1.80. The van der Waals surface area contributed by atoms with Gasteiger partial charge in [0.15, 0.2) is 0 Å². The minimum absolute atomic E-state index is 0.0353. The van der Waals surface area contributed by atoms with E-state index in [1.54, 1.807) is 0 Å². The maximum Gasteiger partial charge on any atom is 0.337 e. The molecule has 20 heavy (non-hydrogen) atoms. The van der Waals surface area contributed by atoms with Crippen LogP contribution in [-0.2, 0) is 6.42 Å². The smallest absolute Gasteiger partial charge is 0.337 e. The number of aromatic nitrogens is 1. The van der Waals surface area contributed by atoms with Crippen LogP contribution in [0.4, 0.5) is 5.69 Å². The Bertz CT molecular complexity index is 609. The molecule has 0 aliphatic rings. The van der Waals surface area contributed by atoms with Crippen molar-refractivity contribution in [3.05, 3.63) is 47.7 Å². The van der Waals surface area contributed by atoms with Crippen molar-refractivity contribution in [2.24, 2.45) is 0 Å². The Kier molecular flexibility index (Phi) is 4.20. The van der Waals surface area contributed by atoms with Crippen molar-refractivity contribution in [3.8, 4) is 11.6 Å². The molecule has 1 aromatic carbocycles. The van der Waals surface area contributed by atoms with Crippen LogP contribution in [0.25, 0.3) is 0 Å². The van der Waals surface area contributed by atoms with Gasteiger partial charge in [0.1, 0.15) is 5.75 Å². The highest BCUT2D eigenvalue weighted by atomic mass is 16.5. The summed E-state index contributed by atoms with van der Waals surface area (Å²) < 4.78 is 5.55. The number of ether oxygens (including phenoxy) is 1. The van der Waals surface area contributed by atoms with Crippen molar-refractivity contribution >= 4 is 11.7 Å². The first-order chi connectivity index (χ1) is 9.60. The van der Waals surface area contributed by atoms with Gasteiger partial charge in [-0.05, 0) is 30.2 Å². The van der Waals surface area contributed by atoms with Gasteiger partial charge in [0.05, 0.1) is 11.3 Å². The number of nitrogen functional groups attached to an aromatic ring is 1. The van der Waals surface area contributed by atoms with Crippen LogP contribution in [0, 0.1) is 0 Å².